The highest BCUT2D eigenvalue weighted by Crippen LogP contribution is 2.27. The van der Waals surface area contributed by atoms with Gasteiger partial charge in [0, 0.05) is 18.1 Å². The van der Waals surface area contributed by atoms with E-state index in [-0.39, 0.29) is 17.3 Å². The second-order valence-corrected chi connectivity index (χ2v) is 12.4. The van der Waals surface area contributed by atoms with Gasteiger partial charge in [-0.25, -0.2) is 8.42 Å². The molecule has 3 aromatic rings. The number of rotatable bonds is 12. The highest BCUT2D eigenvalue weighted by atomic mass is 35.5. The van der Waals surface area contributed by atoms with Crippen LogP contribution in [0, 0.1) is 20.8 Å². The van der Waals surface area contributed by atoms with Crippen molar-refractivity contribution in [2.75, 3.05) is 17.4 Å². The molecule has 0 fully saturated rings. The lowest BCUT2D eigenvalue weighted by atomic mass is 10.1. The third-order valence-electron chi connectivity index (χ3n) is 6.91. The number of nitrogens with one attached hydrogen (secondary N) is 1. The minimum atomic E-state index is -4.11. The van der Waals surface area contributed by atoms with Gasteiger partial charge >= 0.3 is 0 Å². The smallest absolute Gasteiger partial charge is 0.264 e. The number of hydrogen-bond acceptors (Lipinski definition) is 4. The van der Waals surface area contributed by atoms with E-state index in [0.29, 0.717) is 17.3 Å². The summed E-state index contributed by atoms with van der Waals surface area (Å²) in [5.74, 6) is -0.810. The van der Waals surface area contributed by atoms with Crippen molar-refractivity contribution in [2.45, 2.75) is 64.9 Å². The molecule has 40 heavy (non-hydrogen) atoms. The second kappa shape index (κ2) is 13.8. The summed E-state index contributed by atoms with van der Waals surface area (Å²) in [6.45, 7) is 9.50. The Morgan fingerprint density at radius 3 is 2.27 bits per heavy atom. The number of unbranched alkanes of at least 4 members (excludes halogenated alkanes) is 1. The molecule has 0 aliphatic heterocycles. The maximum atomic E-state index is 14.0. The van der Waals surface area contributed by atoms with E-state index in [4.69, 9.17) is 11.6 Å². The molecule has 2 amide bonds. The van der Waals surface area contributed by atoms with Crippen molar-refractivity contribution < 1.29 is 18.0 Å². The molecule has 7 nitrogen and oxygen atoms in total. The first-order chi connectivity index (χ1) is 18.9. The van der Waals surface area contributed by atoms with Gasteiger partial charge in [0.15, 0.2) is 0 Å². The first-order valence-electron chi connectivity index (χ1n) is 13.4. The van der Waals surface area contributed by atoms with Gasteiger partial charge in [-0.2, -0.15) is 0 Å². The zero-order chi connectivity index (χ0) is 29.4. The first kappa shape index (κ1) is 31.2. The topological polar surface area (TPSA) is 86.8 Å². The molecule has 0 spiro atoms. The monoisotopic (exact) mass is 583 g/mol. The predicted octanol–water partition coefficient (Wildman–Crippen LogP) is 5.79. The normalized spacial score (nSPS) is 12.1. The van der Waals surface area contributed by atoms with Crippen molar-refractivity contribution in [3.8, 4) is 0 Å². The molecule has 0 radical (unpaired) electrons. The van der Waals surface area contributed by atoms with Crippen LogP contribution >= 0.6 is 11.6 Å². The fraction of sp³-hybridized carbons (Fsp3) is 0.355. The molecular formula is C31H38ClN3O4S. The Bertz CT molecular complexity index is 1440. The van der Waals surface area contributed by atoms with Crippen LogP contribution in [-0.2, 0) is 26.2 Å². The van der Waals surface area contributed by atoms with Crippen LogP contribution in [0.15, 0.2) is 71.6 Å². The average Bonchev–Trinajstić information content (AvgIpc) is 2.91. The highest BCUT2D eigenvalue weighted by molar-refractivity contribution is 7.92. The van der Waals surface area contributed by atoms with Crippen LogP contribution in [0.3, 0.4) is 0 Å². The summed E-state index contributed by atoms with van der Waals surface area (Å²) in [7, 11) is -4.11. The van der Waals surface area contributed by atoms with Crippen LogP contribution in [0.2, 0.25) is 5.02 Å². The lowest BCUT2D eigenvalue weighted by molar-refractivity contribution is -0.139. The van der Waals surface area contributed by atoms with Crippen LogP contribution in [0.1, 0.15) is 48.9 Å². The molecule has 0 unspecified atom stereocenters. The van der Waals surface area contributed by atoms with Crippen LogP contribution < -0.4 is 9.62 Å². The van der Waals surface area contributed by atoms with E-state index in [1.54, 1.807) is 49.4 Å². The molecule has 214 valence electrons. The summed E-state index contributed by atoms with van der Waals surface area (Å²) in [6, 6.07) is 18.0. The highest BCUT2D eigenvalue weighted by Gasteiger charge is 2.32. The molecule has 0 aliphatic carbocycles. The summed E-state index contributed by atoms with van der Waals surface area (Å²) < 4.78 is 29.0. The van der Waals surface area contributed by atoms with E-state index in [0.717, 1.165) is 39.4 Å². The zero-order valence-electron chi connectivity index (χ0n) is 23.8. The summed E-state index contributed by atoms with van der Waals surface area (Å²) in [6.07, 6.45) is 1.73. The molecule has 9 heteroatoms. The number of halogens is 1. The van der Waals surface area contributed by atoms with Gasteiger partial charge in [-0.1, -0.05) is 60.8 Å². The number of aryl methyl sites for hydroxylation is 3. The third-order valence-corrected chi connectivity index (χ3v) is 8.93. The molecule has 3 rings (SSSR count). The number of benzene rings is 3. The summed E-state index contributed by atoms with van der Waals surface area (Å²) in [5, 5.41) is 3.39. The maximum absolute atomic E-state index is 14.0. The number of hydrogen-bond donors (Lipinski definition) is 1. The van der Waals surface area contributed by atoms with Gasteiger partial charge in [0.1, 0.15) is 12.6 Å². The Kier molecular flexibility index (Phi) is 10.8. The van der Waals surface area contributed by atoms with E-state index in [1.165, 1.54) is 17.0 Å². The minimum absolute atomic E-state index is 0.0795. The van der Waals surface area contributed by atoms with E-state index in [2.05, 4.69) is 5.32 Å². The van der Waals surface area contributed by atoms with Gasteiger partial charge in [-0.15, -0.1) is 0 Å². The quantitative estimate of drug-likeness (QED) is 0.273. The van der Waals surface area contributed by atoms with Crippen molar-refractivity contribution in [1.29, 1.82) is 0 Å². The molecule has 0 aliphatic rings. The summed E-state index contributed by atoms with van der Waals surface area (Å²) >= 11 is 6.19. The standard InChI is InChI=1S/C31H38ClN3O4S/c1-6-7-17-33-31(37)25(5)34(20-26-9-8-10-27(32)19-26)30(36)21-35(28-14-13-23(3)24(4)18-28)40(38,39)29-15-11-22(2)12-16-29/h8-16,18-19,25H,6-7,17,20-21H2,1-5H3,(H,33,37)/t25-/m0/s1. The second-order valence-electron chi connectivity index (χ2n) is 10.1. The zero-order valence-corrected chi connectivity index (χ0v) is 25.3. The van der Waals surface area contributed by atoms with Crippen LogP contribution in [0.5, 0.6) is 0 Å². The Balaban J connectivity index is 2.03. The number of nitrogens with zero attached hydrogens (tertiary/aromatic N) is 2. The van der Waals surface area contributed by atoms with Gasteiger partial charge in [0.05, 0.1) is 10.6 Å². The van der Waals surface area contributed by atoms with E-state index >= 15 is 0 Å². The van der Waals surface area contributed by atoms with Crippen molar-refractivity contribution in [3.63, 3.8) is 0 Å². The van der Waals surface area contributed by atoms with Crippen molar-refractivity contribution in [3.05, 3.63) is 94.0 Å². The van der Waals surface area contributed by atoms with Crippen LogP contribution in [0.25, 0.3) is 0 Å². The summed E-state index contributed by atoms with van der Waals surface area (Å²) in [5.41, 5.74) is 3.92. The van der Waals surface area contributed by atoms with E-state index in [9.17, 15) is 18.0 Å². The van der Waals surface area contributed by atoms with Crippen molar-refractivity contribution >= 4 is 39.1 Å². The molecular weight excluding hydrogens is 546 g/mol. The molecule has 3 aromatic carbocycles. The fourth-order valence-electron chi connectivity index (χ4n) is 4.20. The predicted molar refractivity (Wildman–Crippen MR) is 161 cm³/mol. The Morgan fingerprint density at radius 1 is 0.950 bits per heavy atom. The minimum Gasteiger partial charge on any atom is -0.354 e. The fourth-order valence-corrected chi connectivity index (χ4v) is 5.82. The van der Waals surface area contributed by atoms with Crippen LogP contribution in [0.4, 0.5) is 5.69 Å². The maximum Gasteiger partial charge on any atom is 0.264 e. The number of carbonyl (C=O) groups is 2. The molecule has 0 heterocycles. The molecule has 0 saturated carbocycles. The SMILES string of the molecule is CCCCNC(=O)[C@H](C)N(Cc1cccc(Cl)c1)C(=O)CN(c1ccc(C)c(C)c1)S(=O)(=O)c1ccc(C)cc1. The molecule has 0 saturated heterocycles. The van der Waals surface area contributed by atoms with E-state index < -0.39 is 28.5 Å². The van der Waals surface area contributed by atoms with Crippen molar-refractivity contribution in [1.82, 2.24) is 10.2 Å². The first-order valence-corrected chi connectivity index (χ1v) is 15.2. The Morgan fingerprint density at radius 2 is 1.65 bits per heavy atom. The number of anilines is 1. The third kappa shape index (κ3) is 7.86. The lowest BCUT2D eigenvalue weighted by Crippen LogP contribution is -2.51. The largest absolute Gasteiger partial charge is 0.354 e. The molecule has 0 aromatic heterocycles. The Hall–Kier alpha value is -3.36. The Labute approximate surface area is 243 Å². The number of amides is 2. The van der Waals surface area contributed by atoms with Gasteiger partial charge < -0.3 is 10.2 Å². The molecule has 1 atom stereocenters. The van der Waals surface area contributed by atoms with Crippen molar-refractivity contribution in [2.24, 2.45) is 0 Å². The van der Waals surface area contributed by atoms with Gasteiger partial charge in [0.25, 0.3) is 10.0 Å². The van der Waals surface area contributed by atoms with Gasteiger partial charge in [-0.05, 0) is 87.2 Å². The number of carbonyl (C=O) groups excluding carboxylic acids is 2. The molecule has 0 bridgehead atoms. The van der Waals surface area contributed by atoms with E-state index in [1.807, 2.05) is 39.8 Å². The average molecular weight is 584 g/mol. The summed E-state index contributed by atoms with van der Waals surface area (Å²) in [4.78, 5) is 28.5. The molecule has 1 N–H and O–H groups in total. The van der Waals surface area contributed by atoms with Crippen LogP contribution in [-0.4, -0.2) is 44.3 Å². The van der Waals surface area contributed by atoms with Gasteiger partial charge in [0.2, 0.25) is 11.8 Å². The lowest BCUT2D eigenvalue weighted by Gasteiger charge is -2.32. The van der Waals surface area contributed by atoms with Gasteiger partial charge in [-0.3, -0.25) is 13.9 Å². The number of sulfonamides is 1.